The predicted molar refractivity (Wildman–Crippen MR) is 41.8 cm³/mol. The predicted octanol–water partition coefficient (Wildman–Crippen LogP) is -5.10. The summed E-state index contributed by atoms with van der Waals surface area (Å²) in [5.41, 5.74) is 0. The first-order valence-electron chi connectivity index (χ1n) is 2.87. The van der Waals surface area contributed by atoms with E-state index in [9.17, 15) is 0 Å². The Morgan fingerprint density at radius 1 is 0.833 bits per heavy atom. The molecule has 0 aromatic carbocycles. The second kappa shape index (κ2) is 3.73. The molecule has 1 fully saturated rings. The molecule has 4 N–H and O–H groups in total. The minimum atomic E-state index is -4.41. The molecule has 0 aliphatic carbocycles. The molecule has 0 unspecified atom stereocenters. The fourth-order valence-electron chi connectivity index (χ4n) is 0.503. The Kier molecular flexibility index (Phi) is 3.31. The molecule has 0 bridgehead atoms. The van der Waals surface area contributed by atoms with Gasteiger partial charge >= 0.3 is 18.1 Å². The topological polar surface area (TPSA) is 118 Å². The quantitative estimate of drug-likeness (QED) is 0.315. The molecule has 12 heavy (non-hydrogen) atoms. The highest BCUT2D eigenvalue weighted by molar-refractivity contribution is 6.71. The van der Waals surface area contributed by atoms with Crippen molar-refractivity contribution in [1.82, 2.24) is 0 Å². The van der Waals surface area contributed by atoms with Crippen LogP contribution in [0, 0.1) is 0 Å². The van der Waals surface area contributed by atoms with Crippen molar-refractivity contribution in [1.29, 1.82) is 0 Å². The van der Waals surface area contributed by atoms with Crippen LogP contribution in [0.5, 0.6) is 0 Å². The second-order valence-electron chi connectivity index (χ2n) is 1.93. The van der Waals surface area contributed by atoms with E-state index in [1.165, 1.54) is 0 Å². The van der Waals surface area contributed by atoms with E-state index >= 15 is 0 Å². The Morgan fingerprint density at radius 3 is 1.67 bits per heavy atom. The molecule has 0 aromatic rings. The van der Waals surface area contributed by atoms with Crippen molar-refractivity contribution in [2.75, 3.05) is 0 Å². The van der Waals surface area contributed by atoms with Crippen molar-refractivity contribution in [3.8, 4) is 0 Å². The molecule has 0 atom stereocenters. The zero-order chi connectivity index (χ0) is 9.24. The lowest BCUT2D eigenvalue weighted by atomic mass is 15.6. The van der Waals surface area contributed by atoms with Crippen molar-refractivity contribution in [3.63, 3.8) is 0 Å². The van der Waals surface area contributed by atoms with Gasteiger partial charge in [0.25, 0.3) is 20.0 Å². The Morgan fingerprint density at radius 2 is 1.25 bits per heavy atom. The molecule has 72 valence electrons. The van der Waals surface area contributed by atoms with E-state index < -0.39 is 38.1 Å². The molecule has 1 rings (SSSR count). The molecular formula is H8O8Si4. The molecule has 1 aliphatic heterocycles. The molecule has 0 amide bonds. The summed E-state index contributed by atoms with van der Waals surface area (Å²) in [5.74, 6) is 0. The first-order valence-corrected chi connectivity index (χ1v) is 8.60. The third-order valence-corrected chi connectivity index (χ3v) is 8.34. The van der Waals surface area contributed by atoms with E-state index in [-0.39, 0.29) is 0 Å². The fourth-order valence-corrected chi connectivity index (χ4v) is 7.09. The first-order chi connectivity index (χ1) is 5.41. The summed E-state index contributed by atoms with van der Waals surface area (Å²) in [7, 11) is -11.9. The molecule has 0 radical (unpaired) electrons. The van der Waals surface area contributed by atoms with Crippen molar-refractivity contribution in [2.45, 2.75) is 0 Å². The van der Waals surface area contributed by atoms with Crippen LogP contribution < -0.4 is 0 Å². The zero-order valence-corrected chi connectivity index (χ0v) is 10.7. The summed E-state index contributed by atoms with van der Waals surface area (Å²) in [6.07, 6.45) is 0. The minimum Gasteiger partial charge on any atom is -0.425 e. The van der Waals surface area contributed by atoms with Gasteiger partial charge in [-0.05, 0) is 0 Å². The Balaban J connectivity index is 2.58. The lowest BCUT2D eigenvalue weighted by Gasteiger charge is -2.26. The number of hydrogen-bond acceptors (Lipinski definition) is 8. The van der Waals surface area contributed by atoms with Gasteiger partial charge in [-0.3, -0.25) is 0 Å². The number of hydrogen-bond donors (Lipinski definition) is 4. The molecule has 8 nitrogen and oxygen atoms in total. The van der Waals surface area contributed by atoms with Crippen LogP contribution in [0.4, 0.5) is 0 Å². The zero-order valence-electron chi connectivity index (χ0n) is 5.84. The smallest absolute Gasteiger partial charge is 0.425 e. The van der Waals surface area contributed by atoms with Gasteiger partial charge in [-0.15, -0.1) is 0 Å². The second-order valence-corrected chi connectivity index (χ2v) is 9.35. The molecule has 1 aliphatic rings. The minimum absolute atomic E-state index is 1.53. The monoisotopic (exact) mass is 248 g/mol. The summed E-state index contributed by atoms with van der Waals surface area (Å²) >= 11 is 0. The Labute approximate surface area is 74.4 Å². The van der Waals surface area contributed by atoms with Gasteiger partial charge in [0, 0.05) is 0 Å². The summed E-state index contributed by atoms with van der Waals surface area (Å²) in [6.45, 7) is 0. The van der Waals surface area contributed by atoms with Crippen LogP contribution in [0.15, 0.2) is 0 Å². The van der Waals surface area contributed by atoms with Gasteiger partial charge in [0.05, 0.1) is 0 Å². The first kappa shape index (κ1) is 10.6. The third-order valence-electron chi connectivity index (χ3n) is 0.926. The molecule has 0 spiro atoms. The molecule has 1 saturated heterocycles. The van der Waals surface area contributed by atoms with E-state index in [1.807, 2.05) is 0 Å². The van der Waals surface area contributed by atoms with Crippen LogP contribution >= 0.6 is 0 Å². The van der Waals surface area contributed by atoms with Crippen molar-refractivity contribution < 1.29 is 35.6 Å². The van der Waals surface area contributed by atoms with Crippen LogP contribution in [0.3, 0.4) is 0 Å². The van der Waals surface area contributed by atoms with Crippen molar-refractivity contribution in [2.24, 2.45) is 0 Å². The summed E-state index contributed by atoms with van der Waals surface area (Å²) < 4.78 is 17.7. The van der Waals surface area contributed by atoms with E-state index in [1.54, 1.807) is 0 Å². The highest BCUT2D eigenvalue weighted by Crippen LogP contribution is 2.08. The Hall–Kier alpha value is 0.548. The molecular weight excluding hydrogens is 240 g/mol. The lowest BCUT2D eigenvalue weighted by molar-refractivity contribution is 0.0403. The molecule has 0 aromatic heterocycles. The van der Waals surface area contributed by atoms with Gasteiger partial charge in [-0.1, -0.05) is 0 Å². The van der Waals surface area contributed by atoms with E-state index in [4.69, 9.17) is 23.3 Å². The standard InChI is InChI=1S/H8O8Si4/c1-11(2)6-9-5-10-7-12(3,4)8-11/h1-4H,9-10H2. The van der Waals surface area contributed by atoms with Gasteiger partial charge in [0.1, 0.15) is 0 Å². The van der Waals surface area contributed by atoms with E-state index in [0.717, 1.165) is 0 Å². The summed E-state index contributed by atoms with van der Waals surface area (Å²) in [4.78, 5) is 35.5. The van der Waals surface area contributed by atoms with Crippen molar-refractivity contribution >= 4 is 38.1 Å². The normalized spacial score (nSPS) is 33.0. The van der Waals surface area contributed by atoms with E-state index in [2.05, 4.69) is 12.3 Å². The van der Waals surface area contributed by atoms with Crippen LogP contribution in [0.2, 0.25) is 0 Å². The van der Waals surface area contributed by atoms with Gasteiger partial charge in [0.15, 0.2) is 0 Å². The van der Waals surface area contributed by atoms with Gasteiger partial charge < -0.3 is 35.6 Å². The highest BCUT2D eigenvalue weighted by atomic mass is 28.5. The van der Waals surface area contributed by atoms with Crippen LogP contribution in [-0.2, 0) is 16.5 Å². The maximum atomic E-state index is 8.87. The van der Waals surface area contributed by atoms with Gasteiger partial charge in [-0.25, -0.2) is 0 Å². The molecule has 0 saturated carbocycles. The van der Waals surface area contributed by atoms with Crippen molar-refractivity contribution in [3.05, 3.63) is 0 Å². The lowest BCUT2D eigenvalue weighted by Crippen LogP contribution is -2.59. The van der Waals surface area contributed by atoms with Gasteiger partial charge in [-0.2, -0.15) is 0 Å². The fraction of sp³-hybridized carbons (Fsp3) is 0. The Bertz CT molecular complexity index is 137. The SMILES string of the molecule is O[Si]1(O)O[SiH2]O[SiH2]O[Si](O)(O)O1. The largest absolute Gasteiger partial charge is 0.658 e. The number of rotatable bonds is 0. The molecule has 1 heterocycles. The highest BCUT2D eigenvalue weighted by Gasteiger charge is 2.51. The molecule has 12 heteroatoms. The van der Waals surface area contributed by atoms with E-state index in [0.29, 0.717) is 0 Å². The average Bonchev–Trinajstić information content (AvgIpc) is 1.80. The van der Waals surface area contributed by atoms with Crippen LogP contribution in [0.1, 0.15) is 0 Å². The maximum Gasteiger partial charge on any atom is 0.658 e. The average molecular weight is 248 g/mol. The summed E-state index contributed by atoms with van der Waals surface area (Å²) in [5, 5.41) is 0. The summed E-state index contributed by atoms with van der Waals surface area (Å²) in [6, 6.07) is 0. The third kappa shape index (κ3) is 3.51. The van der Waals surface area contributed by atoms with Crippen LogP contribution in [-0.4, -0.2) is 57.3 Å². The maximum absolute atomic E-state index is 8.87. The van der Waals surface area contributed by atoms with Crippen LogP contribution in [0.25, 0.3) is 0 Å². The van der Waals surface area contributed by atoms with Gasteiger partial charge in [0.2, 0.25) is 0 Å².